The molecule has 1 unspecified atom stereocenters. The Kier molecular flexibility index (Phi) is 3.93. The second-order valence-corrected chi connectivity index (χ2v) is 6.37. The first-order valence-corrected chi connectivity index (χ1v) is 6.82. The molecule has 0 radical (unpaired) electrons. The average molecular weight is 264 g/mol. The Morgan fingerprint density at radius 3 is 2.44 bits per heavy atom. The summed E-state index contributed by atoms with van der Waals surface area (Å²) < 4.78 is 37.7. The molecule has 5 heteroatoms. The molecule has 1 aliphatic heterocycles. The van der Waals surface area contributed by atoms with Gasteiger partial charge in [0.05, 0.1) is 6.54 Å². The summed E-state index contributed by atoms with van der Waals surface area (Å²) in [6, 6.07) is 0.334. The molecule has 0 aromatic carbocycles. The molecular weight excluding hydrogens is 241 g/mol. The summed E-state index contributed by atoms with van der Waals surface area (Å²) in [6.07, 6.45) is -0.0325. The maximum absolute atomic E-state index is 12.6. The van der Waals surface area contributed by atoms with Crippen LogP contribution >= 0.6 is 0 Å². The van der Waals surface area contributed by atoms with Gasteiger partial charge in [-0.2, -0.15) is 13.2 Å². The highest BCUT2D eigenvalue weighted by atomic mass is 19.4. The topological polar surface area (TPSA) is 15.3 Å². The predicted molar refractivity (Wildman–Crippen MR) is 65.5 cm³/mol. The lowest BCUT2D eigenvalue weighted by Crippen LogP contribution is -2.54. The van der Waals surface area contributed by atoms with Gasteiger partial charge in [-0.05, 0) is 37.6 Å². The Morgan fingerprint density at radius 2 is 1.94 bits per heavy atom. The van der Waals surface area contributed by atoms with Crippen LogP contribution in [0.5, 0.6) is 0 Å². The van der Waals surface area contributed by atoms with Gasteiger partial charge in [-0.1, -0.05) is 13.8 Å². The fourth-order valence-corrected chi connectivity index (χ4v) is 2.83. The largest absolute Gasteiger partial charge is 0.401 e. The summed E-state index contributed by atoms with van der Waals surface area (Å²) in [5.74, 6) is 0. The first-order valence-electron chi connectivity index (χ1n) is 6.82. The van der Waals surface area contributed by atoms with Crippen molar-refractivity contribution in [2.24, 2.45) is 5.41 Å². The van der Waals surface area contributed by atoms with Crippen molar-refractivity contribution in [3.8, 4) is 0 Å². The molecule has 0 aromatic rings. The maximum Gasteiger partial charge on any atom is 0.401 e. The quantitative estimate of drug-likeness (QED) is 0.840. The molecule has 106 valence electrons. The lowest BCUT2D eigenvalue weighted by atomic mass is 9.77. The molecule has 1 saturated carbocycles. The number of rotatable bonds is 4. The van der Waals surface area contributed by atoms with Crippen LogP contribution in [0.1, 0.15) is 39.5 Å². The summed E-state index contributed by atoms with van der Waals surface area (Å²) in [5, 5.41) is 3.40. The molecule has 1 saturated heterocycles. The second kappa shape index (κ2) is 5.00. The first-order chi connectivity index (χ1) is 8.28. The number of halogens is 3. The standard InChI is InChI=1S/C13H23F3N2/c1-12(2)6-3-7-17-11(12)8-18(10-4-5-10)9-13(14,15)16/h10-11,17H,3-9H2,1-2H3. The fraction of sp³-hybridized carbons (Fsp3) is 1.00. The fourth-order valence-electron chi connectivity index (χ4n) is 2.83. The van der Waals surface area contributed by atoms with E-state index >= 15 is 0 Å². The molecule has 2 rings (SSSR count). The van der Waals surface area contributed by atoms with Gasteiger partial charge in [-0.15, -0.1) is 0 Å². The molecule has 0 spiro atoms. The van der Waals surface area contributed by atoms with E-state index in [4.69, 9.17) is 0 Å². The zero-order chi connectivity index (χ0) is 13.4. The summed E-state index contributed by atoms with van der Waals surface area (Å²) in [6.45, 7) is 5.01. The number of hydrogen-bond acceptors (Lipinski definition) is 2. The number of nitrogens with zero attached hydrogens (tertiary/aromatic N) is 1. The van der Waals surface area contributed by atoms with Crippen LogP contribution in [0, 0.1) is 5.41 Å². The lowest BCUT2D eigenvalue weighted by molar-refractivity contribution is -0.149. The lowest BCUT2D eigenvalue weighted by Gasteiger charge is -2.42. The van der Waals surface area contributed by atoms with Crippen molar-refractivity contribution in [2.45, 2.75) is 57.8 Å². The molecule has 0 aromatic heterocycles. The van der Waals surface area contributed by atoms with E-state index in [0.717, 1.165) is 32.2 Å². The van der Waals surface area contributed by atoms with E-state index in [1.807, 2.05) is 0 Å². The molecule has 1 aliphatic carbocycles. The van der Waals surface area contributed by atoms with Gasteiger partial charge in [0.25, 0.3) is 0 Å². The maximum atomic E-state index is 12.6. The third-order valence-corrected chi connectivity index (χ3v) is 4.19. The Hall–Kier alpha value is -0.290. The normalized spacial score (nSPS) is 28.7. The minimum atomic E-state index is -4.08. The van der Waals surface area contributed by atoms with Crippen LogP contribution in [0.15, 0.2) is 0 Å². The number of hydrogen-bond donors (Lipinski definition) is 1. The smallest absolute Gasteiger partial charge is 0.312 e. The summed E-state index contributed by atoms with van der Waals surface area (Å²) in [7, 11) is 0. The van der Waals surface area contributed by atoms with Crippen molar-refractivity contribution >= 4 is 0 Å². The van der Waals surface area contributed by atoms with Crippen molar-refractivity contribution in [2.75, 3.05) is 19.6 Å². The van der Waals surface area contributed by atoms with Gasteiger partial charge in [-0.3, -0.25) is 4.90 Å². The molecule has 1 N–H and O–H groups in total. The molecule has 2 aliphatic rings. The summed E-state index contributed by atoms with van der Waals surface area (Å²) in [4.78, 5) is 1.63. The third-order valence-electron chi connectivity index (χ3n) is 4.19. The van der Waals surface area contributed by atoms with Gasteiger partial charge in [-0.25, -0.2) is 0 Å². The zero-order valence-electron chi connectivity index (χ0n) is 11.2. The van der Waals surface area contributed by atoms with Crippen LogP contribution in [0.3, 0.4) is 0 Å². The molecule has 18 heavy (non-hydrogen) atoms. The Labute approximate surface area is 107 Å². The average Bonchev–Trinajstić information content (AvgIpc) is 3.01. The Balaban J connectivity index is 1.95. The van der Waals surface area contributed by atoms with Crippen LogP contribution in [-0.2, 0) is 0 Å². The zero-order valence-corrected chi connectivity index (χ0v) is 11.2. The molecule has 0 amide bonds. The van der Waals surface area contributed by atoms with E-state index in [9.17, 15) is 13.2 Å². The van der Waals surface area contributed by atoms with Crippen molar-refractivity contribution in [3.05, 3.63) is 0 Å². The minimum absolute atomic E-state index is 0.0942. The first kappa shape index (κ1) is 14.1. The van der Waals surface area contributed by atoms with E-state index < -0.39 is 12.7 Å². The van der Waals surface area contributed by atoms with Crippen LogP contribution in [-0.4, -0.2) is 42.8 Å². The Morgan fingerprint density at radius 1 is 1.28 bits per heavy atom. The molecule has 1 atom stereocenters. The van der Waals surface area contributed by atoms with Crippen LogP contribution in [0.25, 0.3) is 0 Å². The van der Waals surface area contributed by atoms with Gasteiger partial charge in [0, 0.05) is 18.6 Å². The minimum Gasteiger partial charge on any atom is -0.312 e. The van der Waals surface area contributed by atoms with Gasteiger partial charge >= 0.3 is 6.18 Å². The van der Waals surface area contributed by atoms with Crippen molar-refractivity contribution in [1.29, 1.82) is 0 Å². The van der Waals surface area contributed by atoms with E-state index in [1.54, 1.807) is 4.90 Å². The number of alkyl halides is 3. The van der Waals surface area contributed by atoms with Crippen LogP contribution in [0.2, 0.25) is 0 Å². The highest BCUT2D eigenvalue weighted by Crippen LogP contribution is 2.35. The molecule has 0 bridgehead atoms. The van der Waals surface area contributed by atoms with E-state index in [-0.39, 0.29) is 17.5 Å². The van der Waals surface area contributed by atoms with Crippen molar-refractivity contribution in [3.63, 3.8) is 0 Å². The molecule has 1 heterocycles. The predicted octanol–water partition coefficient (Wildman–Crippen LogP) is 2.79. The Bertz CT molecular complexity index is 284. The van der Waals surface area contributed by atoms with E-state index in [1.165, 1.54) is 0 Å². The second-order valence-electron chi connectivity index (χ2n) is 6.37. The molecule has 2 fully saturated rings. The van der Waals surface area contributed by atoms with Crippen LogP contribution in [0.4, 0.5) is 13.2 Å². The van der Waals surface area contributed by atoms with Gasteiger partial charge < -0.3 is 5.32 Å². The molecule has 2 nitrogen and oxygen atoms in total. The van der Waals surface area contributed by atoms with Crippen molar-refractivity contribution in [1.82, 2.24) is 10.2 Å². The van der Waals surface area contributed by atoms with Gasteiger partial charge in [0.15, 0.2) is 0 Å². The number of piperidine rings is 1. The van der Waals surface area contributed by atoms with E-state index in [2.05, 4.69) is 19.2 Å². The number of nitrogens with one attached hydrogen (secondary N) is 1. The van der Waals surface area contributed by atoms with Gasteiger partial charge in [0.1, 0.15) is 0 Å². The highest BCUT2D eigenvalue weighted by Gasteiger charge is 2.41. The summed E-state index contributed by atoms with van der Waals surface area (Å²) >= 11 is 0. The monoisotopic (exact) mass is 264 g/mol. The van der Waals surface area contributed by atoms with Crippen molar-refractivity contribution < 1.29 is 13.2 Å². The molecular formula is C13H23F3N2. The third kappa shape index (κ3) is 3.85. The van der Waals surface area contributed by atoms with Gasteiger partial charge in [0.2, 0.25) is 0 Å². The summed E-state index contributed by atoms with van der Waals surface area (Å²) in [5.41, 5.74) is 0.0942. The highest BCUT2D eigenvalue weighted by molar-refractivity contribution is 4.94. The van der Waals surface area contributed by atoms with E-state index in [0.29, 0.717) is 6.54 Å². The van der Waals surface area contributed by atoms with Crippen LogP contribution < -0.4 is 5.32 Å². The SMILES string of the molecule is CC1(C)CCCNC1CN(CC(F)(F)F)C1CC1.